The first kappa shape index (κ1) is 28.9. The number of para-hydroxylation sites is 1. The molecule has 13 heteroatoms. The smallest absolute Gasteiger partial charge is 0.293 e. The molecular weight excluding hydrogens is 581 g/mol. The van der Waals surface area contributed by atoms with Crippen molar-refractivity contribution >= 4 is 69.5 Å². The number of imide groups is 1. The van der Waals surface area contributed by atoms with Crippen molar-refractivity contribution in [3.05, 3.63) is 96.4 Å². The third-order valence-electron chi connectivity index (χ3n) is 5.74. The predicted molar refractivity (Wildman–Crippen MR) is 153 cm³/mol. The maximum atomic E-state index is 13.0. The lowest BCUT2D eigenvalue weighted by molar-refractivity contribution is -0.385. The number of carbonyl (C=O) groups is 3. The van der Waals surface area contributed by atoms with Gasteiger partial charge >= 0.3 is 0 Å². The molecule has 1 N–H and O–H groups in total. The van der Waals surface area contributed by atoms with Gasteiger partial charge in [0.15, 0.2) is 18.1 Å². The monoisotopic (exact) mass is 601 g/mol. The topological polar surface area (TPSA) is 128 Å². The van der Waals surface area contributed by atoms with Gasteiger partial charge in [-0.25, -0.2) is 0 Å². The first-order valence-corrected chi connectivity index (χ1v) is 13.2. The molecule has 206 valence electrons. The van der Waals surface area contributed by atoms with Gasteiger partial charge in [0.2, 0.25) is 0 Å². The predicted octanol–water partition coefficient (Wildman–Crippen LogP) is 6.47. The number of nitro benzene ring substituents is 1. The molecule has 0 aromatic heterocycles. The van der Waals surface area contributed by atoms with Crippen LogP contribution in [0.15, 0.2) is 59.5 Å². The highest BCUT2D eigenvalue weighted by Gasteiger charge is 2.36. The van der Waals surface area contributed by atoms with E-state index in [1.807, 2.05) is 6.92 Å². The zero-order valence-corrected chi connectivity index (χ0v) is 23.4. The van der Waals surface area contributed by atoms with Crippen molar-refractivity contribution in [3.8, 4) is 11.5 Å². The third kappa shape index (κ3) is 6.56. The molecule has 1 aliphatic heterocycles. The van der Waals surface area contributed by atoms with E-state index in [0.29, 0.717) is 28.0 Å². The van der Waals surface area contributed by atoms with Gasteiger partial charge in [-0.2, -0.15) is 0 Å². The first-order chi connectivity index (χ1) is 19.1. The van der Waals surface area contributed by atoms with E-state index in [1.165, 1.54) is 43.5 Å². The van der Waals surface area contributed by atoms with Gasteiger partial charge in [-0.3, -0.25) is 29.4 Å². The third-order valence-corrected chi connectivity index (χ3v) is 7.34. The lowest BCUT2D eigenvalue weighted by atomic mass is 10.1. The van der Waals surface area contributed by atoms with E-state index in [1.54, 1.807) is 24.3 Å². The number of halogens is 2. The maximum Gasteiger partial charge on any atom is 0.293 e. The van der Waals surface area contributed by atoms with Crippen molar-refractivity contribution in [2.75, 3.05) is 19.0 Å². The SMILES string of the molecule is COc1cc(/C=C2\SC(=O)N(Cc3ccccc3[N+](=O)[O-])C2=O)cc(Cl)c1OCC(=O)Nc1ccc(C)c(Cl)c1. The van der Waals surface area contributed by atoms with E-state index in [9.17, 15) is 24.5 Å². The van der Waals surface area contributed by atoms with Gasteiger partial charge in [0.25, 0.3) is 22.7 Å². The Kier molecular flexibility index (Phi) is 8.98. The number of methoxy groups -OCH3 is 1. The van der Waals surface area contributed by atoms with Gasteiger partial charge in [0, 0.05) is 22.3 Å². The highest BCUT2D eigenvalue weighted by molar-refractivity contribution is 8.18. The number of amides is 3. The molecule has 0 bridgehead atoms. The lowest BCUT2D eigenvalue weighted by Crippen LogP contribution is -2.27. The van der Waals surface area contributed by atoms with E-state index >= 15 is 0 Å². The summed E-state index contributed by atoms with van der Waals surface area (Å²) in [5.74, 6) is -0.738. The van der Waals surface area contributed by atoms with Gasteiger partial charge in [-0.05, 0) is 60.2 Å². The maximum absolute atomic E-state index is 13.0. The summed E-state index contributed by atoms with van der Waals surface area (Å²) < 4.78 is 11.0. The number of hydrogen-bond acceptors (Lipinski definition) is 8. The molecule has 0 aliphatic carbocycles. The summed E-state index contributed by atoms with van der Waals surface area (Å²) in [7, 11) is 1.39. The van der Waals surface area contributed by atoms with E-state index in [4.69, 9.17) is 32.7 Å². The van der Waals surface area contributed by atoms with Crippen molar-refractivity contribution in [3.63, 3.8) is 0 Å². The van der Waals surface area contributed by atoms with E-state index < -0.39 is 22.0 Å². The summed E-state index contributed by atoms with van der Waals surface area (Å²) in [6.45, 7) is 1.23. The van der Waals surface area contributed by atoms with Gasteiger partial charge < -0.3 is 14.8 Å². The number of nitro groups is 1. The summed E-state index contributed by atoms with van der Waals surface area (Å²) in [6, 6.07) is 14.0. The number of anilines is 1. The van der Waals surface area contributed by atoms with Crippen LogP contribution in [0.2, 0.25) is 10.0 Å². The molecule has 1 fully saturated rings. The van der Waals surface area contributed by atoms with Crippen LogP contribution in [0.3, 0.4) is 0 Å². The summed E-state index contributed by atoms with van der Waals surface area (Å²) in [5, 5.41) is 14.1. The minimum atomic E-state index is -0.601. The van der Waals surface area contributed by atoms with Gasteiger partial charge in [0.05, 0.1) is 28.5 Å². The molecule has 10 nitrogen and oxygen atoms in total. The molecule has 4 rings (SSSR count). The minimum Gasteiger partial charge on any atom is -0.493 e. The van der Waals surface area contributed by atoms with E-state index in [-0.39, 0.29) is 45.8 Å². The fourth-order valence-corrected chi connectivity index (χ4v) is 5.04. The van der Waals surface area contributed by atoms with Crippen molar-refractivity contribution in [2.24, 2.45) is 0 Å². The van der Waals surface area contributed by atoms with Crippen LogP contribution in [0.25, 0.3) is 6.08 Å². The molecule has 0 atom stereocenters. The molecule has 0 radical (unpaired) electrons. The Hall–Kier alpha value is -4.06. The van der Waals surface area contributed by atoms with E-state index in [2.05, 4.69) is 5.32 Å². The molecule has 1 aliphatic rings. The molecule has 3 aromatic rings. The van der Waals surface area contributed by atoms with Crippen molar-refractivity contribution in [1.29, 1.82) is 0 Å². The second kappa shape index (κ2) is 12.4. The Morgan fingerprint density at radius 3 is 2.58 bits per heavy atom. The van der Waals surface area contributed by atoms with Gasteiger partial charge in [-0.15, -0.1) is 0 Å². The zero-order valence-electron chi connectivity index (χ0n) is 21.1. The van der Waals surface area contributed by atoms with E-state index in [0.717, 1.165) is 10.5 Å². The zero-order chi connectivity index (χ0) is 29.0. The number of rotatable bonds is 9. The molecule has 3 aromatic carbocycles. The number of carbonyl (C=O) groups excluding carboxylic acids is 3. The average Bonchev–Trinajstić information content (AvgIpc) is 3.17. The number of aryl methyl sites for hydroxylation is 1. The average molecular weight is 602 g/mol. The number of hydrogen-bond donors (Lipinski definition) is 1. The summed E-state index contributed by atoms with van der Waals surface area (Å²) >= 11 is 13.2. The number of benzene rings is 3. The van der Waals surface area contributed by atoms with Crippen LogP contribution >= 0.6 is 35.0 Å². The largest absolute Gasteiger partial charge is 0.493 e. The van der Waals surface area contributed by atoms with Crippen molar-refractivity contribution in [1.82, 2.24) is 4.90 Å². The molecule has 0 spiro atoms. The molecule has 3 amide bonds. The van der Waals surface area contributed by atoms with Crippen molar-refractivity contribution < 1.29 is 28.8 Å². The number of ether oxygens (including phenoxy) is 2. The van der Waals surface area contributed by atoms with Crippen LogP contribution in [0.4, 0.5) is 16.2 Å². The molecule has 0 saturated carbocycles. The van der Waals surface area contributed by atoms with Gasteiger partial charge in [0.1, 0.15) is 0 Å². The molecule has 0 unspecified atom stereocenters. The lowest BCUT2D eigenvalue weighted by Gasteiger charge is -2.14. The second-order valence-corrected chi connectivity index (χ2v) is 10.3. The molecule has 1 saturated heterocycles. The van der Waals surface area contributed by atoms with Crippen LogP contribution in [0, 0.1) is 17.0 Å². The van der Waals surface area contributed by atoms with Crippen molar-refractivity contribution in [2.45, 2.75) is 13.5 Å². The highest BCUT2D eigenvalue weighted by Crippen LogP contribution is 2.39. The number of thioether (sulfide) groups is 1. The van der Waals surface area contributed by atoms with Gasteiger partial charge in [-0.1, -0.05) is 47.5 Å². The van der Waals surface area contributed by atoms with Crippen LogP contribution in [0.5, 0.6) is 11.5 Å². The quantitative estimate of drug-likeness (QED) is 0.168. The Balaban J connectivity index is 1.48. The molecule has 1 heterocycles. The Morgan fingerprint density at radius 1 is 1.12 bits per heavy atom. The molecular formula is C27H21Cl2N3O7S. The standard InChI is InChI=1S/C27H21Cl2N3O7S/c1-15-7-8-18(12-19(15)28)30-24(33)14-39-25-20(29)9-16(10-22(25)38-2)11-23-26(34)31(27(35)40-23)13-17-5-3-4-6-21(17)32(36)37/h3-12H,13-14H2,1-2H3,(H,30,33)/b23-11-. The second-order valence-electron chi connectivity index (χ2n) is 8.49. The number of nitrogens with one attached hydrogen (secondary N) is 1. The Bertz CT molecular complexity index is 1560. The fourth-order valence-electron chi connectivity index (χ4n) is 3.75. The normalized spacial score (nSPS) is 14.0. The summed E-state index contributed by atoms with van der Waals surface area (Å²) in [5.41, 5.74) is 1.86. The molecule has 40 heavy (non-hydrogen) atoms. The van der Waals surface area contributed by atoms with Crippen LogP contribution in [-0.4, -0.2) is 40.6 Å². The highest BCUT2D eigenvalue weighted by atomic mass is 35.5. The summed E-state index contributed by atoms with van der Waals surface area (Å²) in [6.07, 6.45) is 1.45. The Morgan fingerprint density at radius 2 is 1.88 bits per heavy atom. The first-order valence-electron chi connectivity index (χ1n) is 11.6. The van der Waals surface area contributed by atoms with Crippen LogP contribution in [-0.2, 0) is 16.1 Å². The number of nitrogens with zero attached hydrogens (tertiary/aromatic N) is 2. The minimum absolute atomic E-state index is 0.103. The summed E-state index contributed by atoms with van der Waals surface area (Å²) in [4.78, 5) is 49.7. The van der Waals surface area contributed by atoms with Crippen LogP contribution in [0.1, 0.15) is 16.7 Å². The fraction of sp³-hybridized carbons (Fsp3) is 0.148. The Labute approximate surface area is 243 Å². The van der Waals surface area contributed by atoms with Crippen LogP contribution < -0.4 is 14.8 Å².